The van der Waals surface area contributed by atoms with Crippen molar-refractivity contribution in [3.05, 3.63) is 59.4 Å². The molecule has 1 heterocycles. The van der Waals surface area contributed by atoms with Gasteiger partial charge in [-0.1, -0.05) is 12.1 Å². The first-order valence-electron chi connectivity index (χ1n) is 6.04. The molecule has 0 aliphatic carbocycles. The van der Waals surface area contributed by atoms with Crippen molar-refractivity contribution < 1.29 is 9.18 Å². The summed E-state index contributed by atoms with van der Waals surface area (Å²) in [5, 5.41) is 14.6. The van der Waals surface area contributed by atoms with Gasteiger partial charge in [-0.15, -0.1) is 0 Å². The van der Waals surface area contributed by atoms with Gasteiger partial charge in [-0.25, -0.2) is 4.39 Å². The van der Waals surface area contributed by atoms with Crippen LogP contribution in [0, 0.1) is 17.1 Å². The van der Waals surface area contributed by atoms with Crippen LogP contribution < -0.4 is 10.6 Å². The third-order valence-corrected chi connectivity index (χ3v) is 3.15. The van der Waals surface area contributed by atoms with E-state index in [9.17, 15) is 9.18 Å². The molecule has 3 rings (SSSR count). The van der Waals surface area contributed by atoms with Crippen LogP contribution in [0.4, 0.5) is 15.8 Å². The molecule has 1 unspecified atom stereocenters. The van der Waals surface area contributed by atoms with Gasteiger partial charge in [0.05, 0.1) is 11.6 Å². The van der Waals surface area contributed by atoms with Gasteiger partial charge in [-0.2, -0.15) is 5.26 Å². The normalized spacial score (nSPS) is 16.2. The fourth-order valence-electron chi connectivity index (χ4n) is 2.22. The van der Waals surface area contributed by atoms with E-state index in [4.69, 9.17) is 5.26 Å². The fraction of sp³-hybridized carbons (Fsp3) is 0.0667. The minimum atomic E-state index is -0.584. The summed E-state index contributed by atoms with van der Waals surface area (Å²) < 4.78 is 13.1. The number of rotatable bonds is 2. The quantitative estimate of drug-likeness (QED) is 0.879. The summed E-state index contributed by atoms with van der Waals surface area (Å²) in [6.07, 6.45) is 0. The number of hydrogen-bond donors (Lipinski definition) is 2. The van der Waals surface area contributed by atoms with E-state index in [1.807, 2.05) is 6.07 Å². The Morgan fingerprint density at radius 1 is 1.25 bits per heavy atom. The Kier molecular flexibility index (Phi) is 2.84. The summed E-state index contributed by atoms with van der Waals surface area (Å²) in [6, 6.07) is 12.5. The standard InChI is InChI=1S/C15H10FN3O/c16-10-4-5-12-13(7-10)19-15(20)14(12)18-11-3-1-2-9(6-11)8-17/h1-7,14,18H,(H,19,20). The van der Waals surface area contributed by atoms with E-state index in [2.05, 4.69) is 10.6 Å². The highest BCUT2D eigenvalue weighted by atomic mass is 19.1. The number of amides is 1. The Labute approximate surface area is 114 Å². The molecule has 20 heavy (non-hydrogen) atoms. The lowest BCUT2D eigenvalue weighted by Gasteiger charge is -2.13. The average molecular weight is 267 g/mol. The van der Waals surface area contributed by atoms with Crippen LogP contribution >= 0.6 is 0 Å². The van der Waals surface area contributed by atoms with E-state index in [-0.39, 0.29) is 5.91 Å². The number of hydrogen-bond acceptors (Lipinski definition) is 3. The molecule has 0 aromatic heterocycles. The number of nitrogens with one attached hydrogen (secondary N) is 2. The Bertz CT molecular complexity index is 736. The zero-order valence-corrected chi connectivity index (χ0v) is 10.4. The monoisotopic (exact) mass is 267 g/mol. The Morgan fingerprint density at radius 3 is 2.90 bits per heavy atom. The fourth-order valence-corrected chi connectivity index (χ4v) is 2.22. The second kappa shape index (κ2) is 4.67. The highest BCUT2D eigenvalue weighted by Crippen LogP contribution is 2.33. The van der Waals surface area contributed by atoms with Gasteiger partial charge in [0.15, 0.2) is 0 Å². The van der Waals surface area contributed by atoms with Gasteiger partial charge in [0.2, 0.25) is 0 Å². The SMILES string of the molecule is N#Cc1cccc(NC2C(=O)Nc3cc(F)ccc32)c1. The molecule has 98 valence electrons. The summed E-state index contributed by atoms with van der Waals surface area (Å²) >= 11 is 0. The molecular formula is C15H10FN3O. The Morgan fingerprint density at radius 2 is 2.10 bits per heavy atom. The summed E-state index contributed by atoms with van der Waals surface area (Å²) in [5.74, 6) is -0.635. The van der Waals surface area contributed by atoms with Gasteiger partial charge < -0.3 is 10.6 Å². The molecule has 1 atom stereocenters. The minimum absolute atomic E-state index is 0.243. The minimum Gasteiger partial charge on any atom is -0.370 e. The van der Waals surface area contributed by atoms with E-state index in [1.54, 1.807) is 30.3 Å². The van der Waals surface area contributed by atoms with E-state index in [0.29, 0.717) is 22.5 Å². The van der Waals surface area contributed by atoms with E-state index in [0.717, 1.165) is 0 Å². The number of carbonyl (C=O) groups excluding carboxylic acids is 1. The average Bonchev–Trinajstić information content (AvgIpc) is 2.74. The molecule has 0 radical (unpaired) electrons. The van der Waals surface area contributed by atoms with Crippen LogP contribution in [0.1, 0.15) is 17.2 Å². The lowest BCUT2D eigenvalue weighted by atomic mass is 10.1. The number of nitrogens with zero attached hydrogens (tertiary/aromatic N) is 1. The maximum atomic E-state index is 13.1. The van der Waals surface area contributed by atoms with Gasteiger partial charge in [0.1, 0.15) is 11.9 Å². The first-order valence-corrected chi connectivity index (χ1v) is 6.04. The molecular weight excluding hydrogens is 257 g/mol. The predicted octanol–water partition coefficient (Wildman–Crippen LogP) is 2.80. The molecule has 0 bridgehead atoms. The van der Waals surface area contributed by atoms with Crippen molar-refractivity contribution in [2.24, 2.45) is 0 Å². The van der Waals surface area contributed by atoms with E-state index < -0.39 is 11.9 Å². The Hall–Kier alpha value is -2.87. The van der Waals surface area contributed by atoms with Gasteiger partial charge in [-0.05, 0) is 30.3 Å². The topological polar surface area (TPSA) is 64.9 Å². The van der Waals surface area contributed by atoms with E-state index in [1.165, 1.54) is 12.1 Å². The van der Waals surface area contributed by atoms with Crippen LogP contribution in [0.5, 0.6) is 0 Å². The van der Waals surface area contributed by atoms with Crippen LogP contribution in [0.15, 0.2) is 42.5 Å². The van der Waals surface area contributed by atoms with Crippen molar-refractivity contribution in [2.75, 3.05) is 10.6 Å². The maximum absolute atomic E-state index is 13.1. The predicted molar refractivity (Wildman–Crippen MR) is 72.6 cm³/mol. The summed E-state index contributed by atoms with van der Waals surface area (Å²) in [6.45, 7) is 0. The van der Waals surface area contributed by atoms with Crippen LogP contribution in [0.3, 0.4) is 0 Å². The number of anilines is 2. The van der Waals surface area contributed by atoms with Gasteiger partial charge in [0, 0.05) is 16.9 Å². The molecule has 1 amide bonds. The van der Waals surface area contributed by atoms with Crippen molar-refractivity contribution in [1.82, 2.24) is 0 Å². The molecule has 1 aliphatic rings. The summed E-state index contributed by atoms with van der Waals surface area (Å²) in [7, 11) is 0. The van der Waals surface area contributed by atoms with Gasteiger partial charge in [0.25, 0.3) is 5.91 Å². The zero-order valence-electron chi connectivity index (χ0n) is 10.4. The van der Waals surface area contributed by atoms with E-state index >= 15 is 0 Å². The third-order valence-electron chi connectivity index (χ3n) is 3.15. The molecule has 0 fully saturated rings. The third kappa shape index (κ3) is 2.08. The molecule has 0 saturated carbocycles. The molecule has 0 spiro atoms. The smallest absolute Gasteiger partial charge is 0.251 e. The van der Waals surface area contributed by atoms with Crippen LogP contribution in [-0.2, 0) is 4.79 Å². The number of nitriles is 1. The van der Waals surface area contributed by atoms with Crippen molar-refractivity contribution in [3.63, 3.8) is 0 Å². The highest BCUT2D eigenvalue weighted by molar-refractivity contribution is 6.04. The van der Waals surface area contributed by atoms with Crippen molar-refractivity contribution >= 4 is 17.3 Å². The lowest BCUT2D eigenvalue weighted by molar-refractivity contribution is -0.116. The molecule has 2 N–H and O–H groups in total. The number of carbonyl (C=O) groups is 1. The molecule has 2 aromatic rings. The molecule has 0 saturated heterocycles. The van der Waals surface area contributed by atoms with Crippen LogP contribution in [-0.4, -0.2) is 5.91 Å². The van der Waals surface area contributed by atoms with Crippen molar-refractivity contribution in [3.8, 4) is 6.07 Å². The van der Waals surface area contributed by atoms with Gasteiger partial charge >= 0.3 is 0 Å². The largest absolute Gasteiger partial charge is 0.370 e. The number of halogens is 1. The van der Waals surface area contributed by atoms with Crippen LogP contribution in [0.2, 0.25) is 0 Å². The molecule has 5 heteroatoms. The number of benzene rings is 2. The molecule has 2 aromatic carbocycles. The highest BCUT2D eigenvalue weighted by Gasteiger charge is 2.30. The first-order chi connectivity index (χ1) is 9.67. The lowest BCUT2D eigenvalue weighted by Crippen LogP contribution is -2.19. The summed E-state index contributed by atoms with van der Waals surface area (Å²) in [5.41, 5.74) is 2.34. The second-order valence-electron chi connectivity index (χ2n) is 4.49. The van der Waals surface area contributed by atoms with Gasteiger partial charge in [-0.3, -0.25) is 4.79 Å². The summed E-state index contributed by atoms with van der Waals surface area (Å²) in [4.78, 5) is 11.9. The first kappa shape index (κ1) is 12.2. The van der Waals surface area contributed by atoms with Crippen molar-refractivity contribution in [2.45, 2.75) is 6.04 Å². The zero-order chi connectivity index (χ0) is 14.1. The number of fused-ring (bicyclic) bond motifs is 1. The second-order valence-corrected chi connectivity index (χ2v) is 4.49. The molecule has 1 aliphatic heterocycles. The van der Waals surface area contributed by atoms with Crippen LogP contribution in [0.25, 0.3) is 0 Å². The maximum Gasteiger partial charge on any atom is 0.251 e. The molecule has 4 nitrogen and oxygen atoms in total. The Balaban J connectivity index is 1.92. The van der Waals surface area contributed by atoms with Crippen molar-refractivity contribution in [1.29, 1.82) is 5.26 Å².